The number of carbonyl (C=O) groups is 2. The average molecular weight is 258 g/mol. The highest BCUT2D eigenvalue weighted by atomic mass is 32.2. The van der Waals surface area contributed by atoms with Gasteiger partial charge in [-0.2, -0.15) is 0 Å². The second-order valence-corrected chi connectivity index (χ2v) is 4.37. The van der Waals surface area contributed by atoms with E-state index < -0.39 is 0 Å². The first kappa shape index (κ1) is 13.5. The summed E-state index contributed by atoms with van der Waals surface area (Å²) in [6, 6.07) is 0. The Morgan fingerprint density at radius 2 is 2.12 bits per heavy atom. The Kier molecular flexibility index (Phi) is 4.95. The fourth-order valence-corrected chi connectivity index (χ4v) is 1.48. The lowest BCUT2D eigenvalue weighted by atomic mass is 10.5. The van der Waals surface area contributed by atoms with Gasteiger partial charge in [-0.15, -0.1) is 10.2 Å². The van der Waals surface area contributed by atoms with Gasteiger partial charge < -0.3 is 14.6 Å². The molecule has 0 saturated carbocycles. The first-order chi connectivity index (χ1) is 7.99. The van der Waals surface area contributed by atoms with Gasteiger partial charge in [0, 0.05) is 21.0 Å². The number of thioether (sulfide) groups is 1. The first-order valence-electron chi connectivity index (χ1n) is 4.89. The van der Waals surface area contributed by atoms with E-state index in [2.05, 4.69) is 15.5 Å². The molecule has 0 fully saturated rings. The molecule has 0 unspecified atom stereocenters. The highest BCUT2D eigenvalue weighted by Gasteiger charge is 2.09. The molecule has 0 spiro atoms. The highest BCUT2D eigenvalue weighted by Crippen LogP contribution is 2.14. The summed E-state index contributed by atoms with van der Waals surface area (Å²) in [7, 11) is 3.26. The van der Waals surface area contributed by atoms with Crippen molar-refractivity contribution in [3.05, 3.63) is 5.89 Å². The fraction of sp³-hybridized carbons (Fsp3) is 0.556. The third-order valence-electron chi connectivity index (χ3n) is 1.77. The number of nitrogens with one attached hydrogen (secondary N) is 1. The molecule has 2 amide bonds. The van der Waals surface area contributed by atoms with Crippen LogP contribution in [-0.4, -0.2) is 53.3 Å². The van der Waals surface area contributed by atoms with E-state index in [-0.39, 0.29) is 24.1 Å². The van der Waals surface area contributed by atoms with Crippen molar-refractivity contribution in [1.82, 2.24) is 20.4 Å². The van der Waals surface area contributed by atoms with Crippen LogP contribution in [0.25, 0.3) is 0 Å². The lowest BCUT2D eigenvalue weighted by molar-refractivity contribution is -0.130. The standard InChI is InChI=1S/C9H14N4O3S/c1-6-11-12-9(16-6)17-5-7(14)10-4-8(15)13(2)3/h4-5H2,1-3H3,(H,10,14). The molecule has 0 atom stereocenters. The number of amides is 2. The largest absolute Gasteiger partial charge is 0.416 e. The Morgan fingerprint density at radius 1 is 1.41 bits per heavy atom. The van der Waals surface area contributed by atoms with Crippen LogP contribution in [0.2, 0.25) is 0 Å². The van der Waals surface area contributed by atoms with Gasteiger partial charge in [-0.05, 0) is 0 Å². The molecule has 17 heavy (non-hydrogen) atoms. The Labute approximate surface area is 103 Å². The molecular weight excluding hydrogens is 244 g/mol. The SMILES string of the molecule is Cc1nnc(SCC(=O)NCC(=O)N(C)C)o1. The van der Waals surface area contributed by atoms with E-state index in [1.54, 1.807) is 21.0 Å². The summed E-state index contributed by atoms with van der Waals surface area (Å²) >= 11 is 1.13. The van der Waals surface area contributed by atoms with Crippen LogP contribution < -0.4 is 5.32 Å². The summed E-state index contributed by atoms with van der Waals surface area (Å²) in [6.45, 7) is 1.67. The van der Waals surface area contributed by atoms with E-state index in [1.807, 2.05) is 0 Å². The second kappa shape index (κ2) is 6.24. The lowest BCUT2D eigenvalue weighted by Gasteiger charge is -2.10. The number of aryl methyl sites for hydroxylation is 1. The van der Waals surface area contributed by atoms with Gasteiger partial charge in [0.05, 0.1) is 12.3 Å². The number of hydrogen-bond acceptors (Lipinski definition) is 6. The molecule has 0 radical (unpaired) electrons. The maximum Gasteiger partial charge on any atom is 0.277 e. The summed E-state index contributed by atoms with van der Waals surface area (Å²) in [5, 5.41) is 10.2. The van der Waals surface area contributed by atoms with E-state index in [1.165, 1.54) is 4.90 Å². The van der Waals surface area contributed by atoms with Crippen LogP contribution in [0.15, 0.2) is 9.64 Å². The zero-order valence-electron chi connectivity index (χ0n) is 9.89. The Balaban J connectivity index is 2.24. The van der Waals surface area contributed by atoms with Crippen molar-refractivity contribution in [1.29, 1.82) is 0 Å². The minimum Gasteiger partial charge on any atom is -0.416 e. The third kappa shape index (κ3) is 4.85. The number of likely N-dealkylation sites (N-methyl/N-ethyl adjacent to an activating group) is 1. The Bertz CT molecular complexity index is 405. The van der Waals surface area contributed by atoms with Crippen molar-refractivity contribution in [3.63, 3.8) is 0 Å². The van der Waals surface area contributed by atoms with Gasteiger partial charge in [-0.25, -0.2) is 0 Å². The van der Waals surface area contributed by atoms with E-state index in [0.29, 0.717) is 11.1 Å². The maximum atomic E-state index is 11.4. The zero-order chi connectivity index (χ0) is 12.8. The summed E-state index contributed by atoms with van der Waals surface area (Å²) < 4.78 is 5.08. The lowest BCUT2D eigenvalue weighted by Crippen LogP contribution is -2.36. The molecule has 1 rings (SSSR count). The molecule has 1 N–H and O–H groups in total. The molecule has 8 heteroatoms. The van der Waals surface area contributed by atoms with Gasteiger partial charge in [-0.1, -0.05) is 11.8 Å². The second-order valence-electron chi connectivity index (χ2n) is 3.44. The van der Waals surface area contributed by atoms with Crippen LogP contribution in [-0.2, 0) is 9.59 Å². The quantitative estimate of drug-likeness (QED) is 0.728. The molecule has 1 heterocycles. The van der Waals surface area contributed by atoms with Gasteiger partial charge in [0.2, 0.25) is 17.7 Å². The van der Waals surface area contributed by atoms with Gasteiger partial charge in [-0.3, -0.25) is 9.59 Å². The van der Waals surface area contributed by atoms with Crippen molar-refractivity contribution < 1.29 is 14.0 Å². The zero-order valence-corrected chi connectivity index (χ0v) is 10.7. The van der Waals surface area contributed by atoms with E-state index >= 15 is 0 Å². The van der Waals surface area contributed by atoms with Crippen molar-refractivity contribution in [2.45, 2.75) is 12.1 Å². The number of rotatable bonds is 5. The molecule has 0 saturated heterocycles. The molecular formula is C9H14N4O3S. The fourth-order valence-electron chi connectivity index (χ4n) is 0.847. The van der Waals surface area contributed by atoms with Crippen LogP contribution in [0.4, 0.5) is 0 Å². The number of aromatic nitrogens is 2. The van der Waals surface area contributed by atoms with Crippen molar-refractivity contribution in [2.24, 2.45) is 0 Å². The molecule has 1 aromatic rings. The summed E-state index contributed by atoms with van der Waals surface area (Å²) in [5.74, 6) is 0.191. The normalized spacial score (nSPS) is 10.1. The summed E-state index contributed by atoms with van der Waals surface area (Å²) in [6.07, 6.45) is 0. The van der Waals surface area contributed by atoms with E-state index in [4.69, 9.17) is 4.42 Å². The third-order valence-corrected chi connectivity index (χ3v) is 2.59. The minimum atomic E-state index is -0.249. The molecule has 1 aromatic heterocycles. The van der Waals surface area contributed by atoms with Crippen LogP contribution in [0, 0.1) is 6.92 Å². The van der Waals surface area contributed by atoms with Crippen molar-refractivity contribution in [2.75, 3.05) is 26.4 Å². The molecule has 7 nitrogen and oxygen atoms in total. The Morgan fingerprint density at radius 3 is 2.65 bits per heavy atom. The van der Waals surface area contributed by atoms with Crippen molar-refractivity contribution >= 4 is 23.6 Å². The topological polar surface area (TPSA) is 88.3 Å². The van der Waals surface area contributed by atoms with E-state index in [9.17, 15) is 9.59 Å². The predicted molar refractivity (Wildman–Crippen MR) is 61.5 cm³/mol. The predicted octanol–water partition coefficient (Wildman–Crippen LogP) is -0.325. The van der Waals surface area contributed by atoms with Crippen molar-refractivity contribution in [3.8, 4) is 0 Å². The van der Waals surface area contributed by atoms with E-state index in [0.717, 1.165) is 11.8 Å². The monoisotopic (exact) mass is 258 g/mol. The molecule has 0 aromatic carbocycles. The molecule has 0 aliphatic heterocycles. The van der Waals surface area contributed by atoms with Crippen LogP contribution in [0.1, 0.15) is 5.89 Å². The van der Waals surface area contributed by atoms with Crippen LogP contribution in [0.3, 0.4) is 0 Å². The smallest absolute Gasteiger partial charge is 0.277 e. The Hall–Kier alpha value is -1.57. The molecule has 94 valence electrons. The van der Waals surface area contributed by atoms with Crippen LogP contribution in [0.5, 0.6) is 0 Å². The maximum absolute atomic E-state index is 11.4. The van der Waals surface area contributed by atoms with Gasteiger partial charge >= 0.3 is 0 Å². The molecule has 0 bridgehead atoms. The minimum absolute atomic E-state index is 0.00471. The number of hydrogen-bond donors (Lipinski definition) is 1. The summed E-state index contributed by atoms with van der Waals surface area (Å²) in [4.78, 5) is 24.0. The van der Waals surface area contributed by atoms with Gasteiger partial charge in [0.25, 0.3) is 5.22 Å². The molecule has 0 aliphatic rings. The number of carbonyl (C=O) groups excluding carboxylic acids is 2. The average Bonchev–Trinajstić information content (AvgIpc) is 2.69. The number of nitrogens with zero attached hydrogens (tertiary/aromatic N) is 3. The van der Waals surface area contributed by atoms with Crippen LogP contribution >= 0.6 is 11.8 Å². The first-order valence-corrected chi connectivity index (χ1v) is 5.87. The summed E-state index contributed by atoms with van der Waals surface area (Å²) in [5.41, 5.74) is 0. The van der Waals surface area contributed by atoms with Gasteiger partial charge in [0.1, 0.15) is 0 Å². The van der Waals surface area contributed by atoms with Gasteiger partial charge in [0.15, 0.2) is 0 Å². The molecule has 0 aliphatic carbocycles. The highest BCUT2D eigenvalue weighted by molar-refractivity contribution is 7.99.